The maximum Gasteiger partial charge on any atom is 0.289 e. The molecule has 3 nitrogen and oxygen atoms in total. The van der Waals surface area contributed by atoms with Crippen LogP contribution in [0.4, 0.5) is 0 Å². The van der Waals surface area contributed by atoms with E-state index in [1.165, 1.54) is 6.42 Å². The molecule has 0 spiro atoms. The molecule has 0 saturated carbocycles. The molecule has 1 atom stereocenters. The first-order valence-corrected chi connectivity index (χ1v) is 8.35. The van der Waals surface area contributed by atoms with Crippen molar-refractivity contribution < 1.29 is 9.21 Å². The number of hydrogen-bond donors (Lipinski definition) is 0. The fraction of sp³-hybridized carbons (Fsp3) is 0.350. The number of hydrogen-bond acceptors (Lipinski definition) is 2. The summed E-state index contributed by atoms with van der Waals surface area (Å²) >= 11 is 0. The van der Waals surface area contributed by atoms with Crippen LogP contribution in [0.25, 0.3) is 21.7 Å². The van der Waals surface area contributed by atoms with E-state index in [9.17, 15) is 4.79 Å². The van der Waals surface area contributed by atoms with Crippen LogP contribution in [-0.4, -0.2) is 23.9 Å². The van der Waals surface area contributed by atoms with E-state index in [1.54, 1.807) is 0 Å². The minimum absolute atomic E-state index is 0.0364. The van der Waals surface area contributed by atoms with Crippen molar-refractivity contribution in [1.29, 1.82) is 0 Å². The molecule has 0 aliphatic carbocycles. The maximum atomic E-state index is 12.9. The van der Waals surface area contributed by atoms with Gasteiger partial charge >= 0.3 is 0 Å². The molecule has 2 aromatic carbocycles. The van der Waals surface area contributed by atoms with Gasteiger partial charge in [-0.05, 0) is 31.1 Å². The highest BCUT2D eigenvalue weighted by atomic mass is 16.3. The second-order valence-electron chi connectivity index (χ2n) is 6.72. The summed E-state index contributed by atoms with van der Waals surface area (Å²) in [6.07, 6.45) is 2.28. The van der Waals surface area contributed by atoms with E-state index in [0.717, 1.165) is 46.8 Å². The van der Waals surface area contributed by atoms with Crippen molar-refractivity contribution in [3.8, 4) is 0 Å². The number of carbonyl (C=O) groups is 1. The van der Waals surface area contributed by atoms with Crippen LogP contribution in [0.15, 0.2) is 40.8 Å². The van der Waals surface area contributed by atoms with Crippen molar-refractivity contribution in [3.05, 3.63) is 47.7 Å². The fourth-order valence-corrected chi connectivity index (χ4v) is 3.67. The van der Waals surface area contributed by atoms with Crippen LogP contribution >= 0.6 is 0 Å². The second kappa shape index (κ2) is 5.41. The van der Waals surface area contributed by atoms with Gasteiger partial charge in [0.05, 0.1) is 0 Å². The van der Waals surface area contributed by atoms with Gasteiger partial charge in [0.25, 0.3) is 5.91 Å². The van der Waals surface area contributed by atoms with Crippen LogP contribution in [-0.2, 0) is 0 Å². The molecule has 1 aromatic heterocycles. The van der Waals surface area contributed by atoms with E-state index < -0.39 is 0 Å². The van der Waals surface area contributed by atoms with Gasteiger partial charge in [-0.3, -0.25) is 4.79 Å². The van der Waals surface area contributed by atoms with Gasteiger partial charge in [-0.15, -0.1) is 0 Å². The van der Waals surface area contributed by atoms with E-state index in [0.29, 0.717) is 11.7 Å². The Labute approximate surface area is 135 Å². The molecule has 1 aliphatic rings. The van der Waals surface area contributed by atoms with Crippen LogP contribution in [0, 0.1) is 12.8 Å². The third-order valence-corrected chi connectivity index (χ3v) is 4.97. The topological polar surface area (TPSA) is 33.5 Å². The minimum atomic E-state index is 0.0364. The van der Waals surface area contributed by atoms with Gasteiger partial charge in [-0.1, -0.05) is 43.3 Å². The lowest BCUT2D eigenvalue weighted by atomic mass is 10.00. The molecule has 1 unspecified atom stereocenters. The molecule has 1 fully saturated rings. The highest BCUT2D eigenvalue weighted by molar-refractivity contribution is 6.08. The average molecular weight is 307 g/mol. The summed E-state index contributed by atoms with van der Waals surface area (Å²) < 4.78 is 6.07. The molecule has 4 rings (SSSR count). The number of benzene rings is 2. The summed E-state index contributed by atoms with van der Waals surface area (Å²) in [6, 6.07) is 12.3. The van der Waals surface area contributed by atoms with Crippen LogP contribution in [0.5, 0.6) is 0 Å². The Morgan fingerprint density at radius 1 is 1.17 bits per heavy atom. The third-order valence-electron chi connectivity index (χ3n) is 4.97. The van der Waals surface area contributed by atoms with E-state index in [4.69, 9.17) is 4.42 Å². The summed E-state index contributed by atoms with van der Waals surface area (Å²) in [5.41, 5.74) is 1.78. The van der Waals surface area contributed by atoms with Gasteiger partial charge in [0.2, 0.25) is 0 Å². The summed E-state index contributed by atoms with van der Waals surface area (Å²) in [4.78, 5) is 14.8. The van der Waals surface area contributed by atoms with Crippen molar-refractivity contribution in [2.24, 2.45) is 5.92 Å². The minimum Gasteiger partial charge on any atom is -0.450 e. The van der Waals surface area contributed by atoms with Gasteiger partial charge in [0.15, 0.2) is 5.76 Å². The predicted molar refractivity (Wildman–Crippen MR) is 92.8 cm³/mol. The zero-order chi connectivity index (χ0) is 16.0. The molecule has 23 heavy (non-hydrogen) atoms. The van der Waals surface area contributed by atoms with E-state index in [2.05, 4.69) is 31.2 Å². The molecular weight excluding hydrogens is 286 g/mol. The Morgan fingerprint density at radius 3 is 2.83 bits per heavy atom. The predicted octanol–water partition coefficient (Wildman–Crippen LogP) is 4.77. The lowest BCUT2D eigenvalue weighted by Gasteiger charge is -2.30. The molecular formula is C20H21NO2. The zero-order valence-electron chi connectivity index (χ0n) is 13.6. The maximum absolute atomic E-state index is 12.9. The molecule has 1 amide bonds. The average Bonchev–Trinajstić information content (AvgIpc) is 2.91. The van der Waals surface area contributed by atoms with Crippen molar-refractivity contribution in [1.82, 2.24) is 4.90 Å². The monoisotopic (exact) mass is 307 g/mol. The Hall–Kier alpha value is -2.29. The van der Waals surface area contributed by atoms with E-state index in [-0.39, 0.29) is 5.91 Å². The Balaban J connectivity index is 1.82. The number of nitrogens with zero attached hydrogens (tertiary/aromatic N) is 1. The molecule has 1 aliphatic heterocycles. The van der Waals surface area contributed by atoms with Crippen molar-refractivity contribution in [2.75, 3.05) is 13.1 Å². The lowest BCUT2D eigenvalue weighted by molar-refractivity contribution is 0.0652. The largest absolute Gasteiger partial charge is 0.450 e. The van der Waals surface area contributed by atoms with E-state index in [1.807, 2.05) is 24.0 Å². The van der Waals surface area contributed by atoms with Gasteiger partial charge in [0, 0.05) is 29.4 Å². The summed E-state index contributed by atoms with van der Waals surface area (Å²) in [5.74, 6) is 1.11. The molecule has 0 bridgehead atoms. The Bertz CT molecular complexity index is 893. The van der Waals surface area contributed by atoms with Crippen LogP contribution < -0.4 is 0 Å². The normalized spacial score (nSPS) is 18.7. The SMILES string of the molecule is Cc1c(C(=O)N2CCCC(C)C2)oc2c1ccc1ccccc12. The van der Waals surface area contributed by atoms with Crippen molar-refractivity contribution in [2.45, 2.75) is 26.7 Å². The fourth-order valence-electron chi connectivity index (χ4n) is 3.67. The molecule has 118 valence electrons. The zero-order valence-corrected chi connectivity index (χ0v) is 13.6. The third kappa shape index (κ3) is 2.31. The van der Waals surface area contributed by atoms with Gasteiger partial charge in [-0.25, -0.2) is 0 Å². The number of piperidine rings is 1. The molecule has 3 heteroatoms. The van der Waals surface area contributed by atoms with Crippen molar-refractivity contribution in [3.63, 3.8) is 0 Å². The highest BCUT2D eigenvalue weighted by Crippen LogP contribution is 2.32. The Kier molecular flexibility index (Phi) is 3.37. The first kappa shape index (κ1) is 14.3. The standard InChI is InChI=1S/C20H21NO2/c1-13-6-5-11-21(12-13)20(22)18-14(2)16-10-9-15-7-3-4-8-17(15)19(16)23-18/h3-4,7-10,13H,5-6,11-12H2,1-2H3. The number of fused-ring (bicyclic) bond motifs is 3. The molecule has 2 heterocycles. The number of furan rings is 1. The number of carbonyl (C=O) groups excluding carboxylic acids is 1. The lowest BCUT2D eigenvalue weighted by Crippen LogP contribution is -2.39. The number of rotatable bonds is 1. The van der Waals surface area contributed by atoms with Crippen LogP contribution in [0.3, 0.4) is 0 Å². The number of likely N-dealkylation sites (tertiary alicyclic amines) is 1. The van der Waals surface area contributed by atoms with Crippen LogP contribution in [0.1, 0.15) is 35.9 Å². The Morgan fingerprint density at radius 2 is 2.00 bits per heavy atom. The number of amides is 1. The van der Waals surface area contributed by atoms with Gasteiger partial charge in [-0.2, -0.15) is 0 Å². The quantitative estimate of drug-likeness (QED) is 0.649. The molecule has 0 N–H and O–H groups in total. The van der Waals surface area contributed by atoms with Gasteiger partial charge in [0.1, 0.15) is 5.58 Å². The number of aryl methyl sites for hydroxylation is 1. The molecule has 1 saturated heterocycles. The summed E-state index contributed by atoms with van der Waals surface area (Å²) in [7, 11) is 0. The highest BCUT2D eigenvalue weighted by Gasteiger charge is 2.27. The van der Waals surface area contributed by atoms with Crippen LogP contribution in [0.2, 0.25) is 0 Å². The van der Waals surface area contributed by atoms with E-state index >= 15 is 0 Å². The first-order chi connectivity index (χ1) is 11.1. The van der Waals surface area contributed by atoms with Gasteiger partial charge < -0.3 is 9.32 Å². The first-order valence-electron chi connectivity index (χ1n) is 8.35. The molecule has 3 aromatic rings. The summed E-state index contributed by atoms with van der Waals surface area (Å²) in [5, 5.41) is 3.25. The summed E-state index contributed by atoms with van der Waals surface area (Å²) in [6.45, 7) is 5.86. The van der Waals surface area contributed by atoms with Crippen molar-refractivity contribution >= 4 is 27.6 Å². The molecule has 0 radical (unpaired) electrons. The second-order valence-corrected chi connectivity index (χ2v) is 6.72. The smallest absolute Gasteiger partial charge is 0.289 e.